The van der Waals surface area contributed by atoms with Gasteiger partial charge in [0.05, 0.1) is 12.8 Å². The minimum atomic E-state index is 0. The molecule has 8 heteroatoms. The van der Waals surface area contributed by atoms with Crippen LogP contribution < -0.4 is 20.1 Å². The van der Waals surface area contributed by atoms with Gasteiger partial charge in [0.1, 0.15) is 5.75 Å². The van der Waals surface area contributed by atoms with Crippen LogP contribution in [0.5, 0.6) is 17.2 Å². The van der Waals surface area contributed by atoms with Gasteiger partial charge in [-0.25, -0.2) is 0 Å². The number of rotatable bonds is 8. The monoisotopic (exact) mass is 563 g/mol. The molecule has 7 nitrogen and oxygen atoms in total. The molecule has 0 fully saturated rings. The fourth-order valence-corrected chi connectivity index (χ4v) is 3.59. The topological polar surface area (TPSA) is 72.7 Å². The Morgan fingerprint density at radius 3 is 2.33 bits per heavy atom. The number of para-hydroxylation sites is 2. The molecule has 0 aliphatic carbocycles. The number of ether oxygens (including phenoxy) is 2. The van der Waals surface area contributed by atoms with E-state index in [-0.39, 0.29) is 30.0 Å². The summed E-state index contributed by atoms with van der Waals surface area (Å²) in [6.07, 6.45) is 0.890. The number of hydrogen-bond acceptors (Lipinski definition) is 4. The Hall–Kier alpha value is -2.75. The Kier molecular flexibility index (Phi) is 10.0. The summed E-state index contributed by atoms with van der Waals surface area (Å²) in [5, 5.41) is 11.4. The van der Waals surface area contributed by atoms with Crippen LogP contribution in [0.3, 0.4) is 0 Å². The molecule has 1 unspecified atom stereocenters. The van der Waals surface area contributed by atoms with E-state index in [1.165, 1.54) is 11.3 Å². The molecule has 0 aliphatic heterocycles. The third-order valence-electron chi connectivity index (χ3n) is 5.46. The van der Waals surface area contributed by atoms with Crippen molar-refractivity contribution in [2.24, 2.45) is 12.0 Å². The van der Waals surface area contributed by atoms with Crippen LogP contribution in [0.2, 0.25) is 0 Å². The van der Waals surface area contributed by atoms with Crippen LogP contribution in [0.1, 0.15) is 29.4 Å². The van der Waals surface area contributed by atoms with Crippen LogP contribution in [-0.4, -0.2) is 35.9 Å². The molecule has 0 radical (unpaired) electrons. The van der Waals surface area contributed by atoms with Gasteiger partial charge in [-0.2, -0.15) is 5.10 Å². The van der Waals surface area contributed by atoms with Gasteiger partial charge in [-0.1, -0.05) is 24.3 Å². The van der Waals surface area contributed by atoms with Gasteiger partial charge in [0, 0.05) is 32.4 Å². The molecule has 0 saturated carbocycles. The van der Waals surface area contributed by atoms with Crippen molar-refractivity contribution in [3.8, 4) is 17.2 Å². The lowest BCUT2D eigenvalue weighted by Crippen LogP contribution is -2.42. The Morgan fingerprint density at radius 1 is 1.09 bits per heavy atom. The minimum absolute atomic E-state index is 0. The van der Waals surface area contributed by atoms with Crippen molar-refractivity contribution in [1.82, 2.24) is 20.4 Å². The normalized spacial score (nSPS) is 12.0. The van der Waals surface area contributed by atoms with Crippen molar-refractivity contribution >= 4 is 29.9 Å². The number of hydrogen-bond donors (Lipinski definition) is 2. The van der Waals surface area contributed by atoms with Gasteiger partial charge in [0.15, 0.2) is 17.5 Å². The summed E-state index contributed by atoms with van der Waals surface area (Å²) in [6, 6.07) is 15.8. The average molecular weight is 563 g/mol. The van der Waals surface area contributed by atoms with E-state index >= 15 is 0 Å². The molecule has 0 saturated heterocycles. The number of methoxy groups -OCH3 is 1. The molecule has 1 heterocycles. The second-order valence-corrected chi connectivity index (χ2v) is 7.85. The molecule has 0 spiro atoms. The number of halogens is 1. The number of aliphatic imine (C=N–C) groups is 1. The fraction of sp³-hybridized carbons (Fsp3) is 0.360. The first-order chi connectivity index (χ1) is 15.4. The second-order valence-electron chi connectivity index (χ2n) is 7.85. The summed E-state index contributed by atoms with van der Waals surface area (Å²) < 4.78 is 13.2. The number of aryl methyl sites for hydroxylation is 2. The van der Waals surface area contributed by atoms with Gasteiger partial charge in [0.2, 0.25) is 0 Å². The molecule has 33 heavy (non-hydrogen) atoms. The molecule has 0 amide bonds. The molecular weight excluding hydrogens is 529 g/mol. The second kappa shape index (κ2) is 12.5. The predicted molar refractivity (Wildman–Crippen MR) is 144 cm³/mol. The van der Waals surface area contributed by atoms with Crippen molar-refractivity contribution in [2.45, 2.75) is 39.8 Å². The van der Waals surface area contributed by atoms with E-state index in [4.69, 9.17) is 9.47 Å². The van der Waals surface area contributed by atoms with Gasteiger partial charge in [-0.15, -0.1) is 24.0 Å². The zero-order valence-electron chi connectivity index (χ0n) is 20.2. The summed E-state index contributed by atoms with van der Waals surface area (Å²) in [5.74, 6) is 2.93. The molecule has 2 N–H and O–H groups in total. The number of nitrogens with one attached hydrogen (secondary N) is 2. The molecule has 3 rings (SSSR count). The molecule has 1 atom stereocenters. The Bertz CT molecular complexity index is 1060. The van der Waals surface area contributed by atoms with Gasteiger partial charge in [-0.05, 0) is 62.6 Å². The first-order valence-corrected chi connectivity index (χ1v) is 10.8. The summed E-state index contributed by atoms with van der Waals surface area (Å²) in [7, 11) is 5.40. The number of nitrogens with zero attached hydrogens (tertiary/aromatic N) is 3. The highest BCUT2D eigenvalue weighted by molar-refractivity contribution is 14.0. The first kappa shape index (κ1) is 26.5. The zero-order valence-corrected chi connectivity index (χ0v) is 22.5. The minimum Gasteiger partial charge on any atom is -0.493 e. The van der Waals surface area contributed by atoms with Crippen molar-refractivity contribution in [1.29, 1.82) is 0 Å². The molecule has 0 bridgehead atoms. The summed E-state index contributed by atoms with van der Waals surface area (Å²) in [5.41, 5.74) is 4.70. The van der Waals surface area contributed by atoms with Crippen LogP contribution in [0.4, 0.5) is 0 Å². The lowest BCUT2D eigenvalue weighted by Gasteiger charge is -2.18. The maximum absolute atomic E-state index is 5.94. The van der Waals surface area contributed by atoms with E-state index < -0.39 is 0 Å². The lowest BCUT2D eigenvalue weighted by molar-refractivity contribution is 0.379. The van der Waals surface area contributed by atoms with Gasteiger partial charge in [0.25, 0.3) is 0 Å². The molecule has 1 aromatic heterocycles. The van der Waals surface area contributed by atoms with E-state index in [0.29, 0.717) is 18.0 Å². The Balaban J connectivity index is 0.00000385. The molecule has 0 aliphatic rings. The molecular formula is C25H34IN5O2. The van der Waals surface area contributed by atoms with Gasteiger partial charge in [-0.3, -0.25) is 9.67 Å². The number of benzene rings is 2. The zero-order chi connectivity index (χ0) is 23.1. The average Bonchev–Trinajstić information content (AvgIpc) is 3.03. The number of guanidine groups is 1. The maximum atomic E-state index is 5.94. The van der Waals surface area contributed by atoms with E-state index in [1.807, 2.05) is 60.3 Å². The first-order valence-electron chi connectivity index (χ1n) is 10.8. The molecule has 2 aromatic carbocycles. The summed E-state index contributed by atoms with van der Waals surface area (Å²) in [6.45, 7) is 6.98. The maximum Gasteiger partial charge on any atom is 0.191 e. The lowest BCUT2D eigenvalue weighted by atomic mass is 10.1. The standard InChI is InChI=1S/C25H33N5O2.HI/c1-17(15-22-18(2)29-30(5)19(22)3)28-25(26-4)27-16-20-11-13-21(14-12-20)32-24-10-8-7-9-23(24)31-6;/h7-14,17H,15-16H2,1-6H3,(H2,26,27,28);1H. The number of aromatic nitrogens is 2. The van der Waals surface area contributed by atoms with E-state index in [9.17, 15) is 0 Å². The third kappa shape index (κ3) is 7.12. The van der Waals surface area contributed by atoms with E-state index in [2.05, 4.69) is 41.5 Å². The molecule has 178 valence electrons. The van der Waals surface area contributed by atoms with Crippen LogP contribution in [0.25, 0.3) is 0 Å². The SMILES string of the molecule is CN=C(NCc1ccc(Oc2ccccc2OC)cc1)NC(C)Cc1c(C)nn(C)c1C.I. The quantitative estimate of drug-likeness (QED) is 0.235. The van der Waals surface area contributed by atoms with Crippen molar-refractivity contribution in [2.75, 3.05) is 14.2 Å². The van der Waals surface area contributed by atoms with E-state index in [0.717, 1.165) is 29.4 Å². The highest BCUT2D eigenvalue weighted by Gasteiger charge is 2.14. The molecule has 3 aromatic rings. The van der Waals surface area contributed by atoms with Crippen LogP contribution >= 0.6 is 24.0 Å². The summed E-state index contributed by atoms with van der Waals surface area (Å²) in [4.78, 5) is 4.36. The fourth-order valence-electron chi connectivity index (χ4n) is 3.59. The van der Waals surface area contributed by atoms with Crippen molar-refractivity contribution in [3.05, 3.63) is 71.0 Å². The van der Waals surface area contributed by atoms with Crippen LogP contribution in [0, 0.1) is 13.8 Å². The largest absolute Gasteiger partial charge is 0.493 e. The Labute approximate surface area is 213 Å². The van der Waals surface area contributed by atoms with Crippen molar-refractivity contribution in [3.63, 3.8) is 0 Å². The third-order valence-corrected chi connectivity index (χ3v) is 5.46. The van der Waals surface area contributed by atoms with Crippen LogP contribution in [0.15, 0.2) is 53.5 Å². The predicted octanol–water partition coefficient (Wildman–Crippen LogP) is 4.75. The van der Waals surface area contributed by atoms with E-state index in [1.54, 1.807) is 14.2 Å². The smallest absolute Gasteiger partial charge is 0.191 e. The highest BCUT2D eigenvalue weighted by Crippen LogP contribution is 2.30. The van der Waals surface area contributed by atoms with Crippen molar-refractivity contribution < 1.29 is 9.47 Å². The Morgan fingerprint density at radius 2 is 1.76 bits per heavy atom. The summed E-state index contributed by atoms with van der Waals surface area (Å²) >= 11 is 0. The van der Waals surface area contributed by atoms with Gasteiger partial charge >= 0.3 is 0 Å². The van der Waals surface area contributed by atoms with Crippen LogP contribution in [-0.2, 0) is 20.0 Å². The van der Waals surface area contributed by atoms with Gasteiger partial charge < -0.3 is 20.1 Å². The highest BCUT2D eigenvalue weighted by atomic mass is 127.